The maximum atomic E-state index is 6.19. The highest BCUT2D eigenvalue weighted by molar-refractivity contribution is 6.32. The van der Waals surface area contributed by atoms with Gasteiger partial charge in [0, 0.05) is 40.1 Å². The van der Waals surface area contributed by atoms with Gasteiger partial charge in [0.25, 0.3) is 0 Å². The van der Waals surface area contributed by atoms with E-state index in [4.69, 9.17) is 32.9 Å². The molecule has 2 aromatic heterocycles. The van der Waals surface area contributed by atoms with Crippen molar-refractivity contribution in [2.24, 2.45) is 0 Å². The van der Waals surface area contributed by atoms with Crippen LogP contribution in [0.3, 0.4) is 0 Å². The monoisotopic (exact) mass is 396 g/mol. The molecule has 0 radical (unpaired) electrons. The summed E-state index contributed by atoms with van der Waals surface area (Å²) in [5.74, 6) is 1.78. The first kappa shape index (κ1) is 17.5. The maximum absolute atomic E-state index is 6.19. The van der Waals surface area contributed by atoms with Crippen molar-refractivity contribution in [3.05, 3.63) is 71.0 Å². The molecule has 0 bridgehead atoms. The van der Waals surface area contributed by atoms with E-state index in [9.17, 15) is 0 Å². The van der Waals surface area contributed by atoms with Gasteiger partial charge in [-0.25, -0.2) is 9.97 Å². The molecule has 134 valence electrons. The zero-order chi connectivity index (χ0) is 18.8. The lowest BCUT2D eigenvalue weighted by atomic mass is 10.2. The Morgan fingerprint density at radius 1 is 1.00 bits per heavy atom. The van der Waals surface area contributed by atoms with Crippen molar-refractivity contribution in [1.29, 1.82) is 0 Å². The number of anilines is 2. The summed E-state index contributed by atoms with van der Waals surface area (Å²) in [5, 5.41) is 5.27. The van der Waals surface area contributed by atoms with Crippen molar-refractivity contribution in [2.45, 2.75) is 0 Å². The Kier molecular flexibility index (Phi) is 4.79. The molecule has 0 saturated heterocycles. The van der Waals surface area contributed by atoms with Crippen LogP contribution < -0.4 is 10.1 Å². The summed E-state index contributed by atoms with van der Waals surface area (Å²) >= 11 is 12.3. The largest absolute Gasteiger partial charge is 0.495 e. The lowest BCUT2D eigenvalue weighted by Crippen LogP contribution is -2.00. The van der Waals surface area contributed by atoms with Crippen LogP contribution in [-0.4, -0.2) is 22.1 Å². The van der Waals surface area contributed by atoms with Crippen LogP contribution in [0.1, 0.15) is 0 Å². The number of rotatable bonds is 4. The van der Waals surface area contributed by atoms with Crippen LogP contribution in [0.2, 0.25) is 10.0 Å². The number of benzene rings is 2. The minimum Gasteiger partial charge on any atom is -0.495 e. The molecule has 5 nitrogen and oxygen atoms in total. The van der Waals surface area contributed by atoms with Gasteiger partial charge in [-0.1, -0.05) is 23.2 Å². The Balaban J connectivity index is 1.86. The quantitative estimate of drug-likeness (QED) is 0.475. The normalized spacial score (nSPS) is 10.8. The minimum atomic E-state index is 0.537. The van der Waals surface area contributed by atoms with Crippen LogP contribution in [0.25, 0.3) is 22.3 Å². The van der Waals surface area contributed by atoms with Gasteiger partial charge < -0.3 is 10.1 Å². The number of hydrogen-bond donors (Lipinski definition) is 1. The molecule has 4 aromatic rings. The SMILES string of the molecule is COc1cc(Nc2nc(-c3cccnc3)nc3ccc(Cl)cc23)ccc1Cl. The van der Waals surface area contributed by atoms with E-state index in [2.05, 4.69) is 15.3 Å². The van der Waals surface area contributed by atoms with Gasteiger partial charge in [0.2, 0.25) is 0 Å². The fourth-order valence-electron chi connectivity index (χ4n) is 2.69. The number of methoxy groups -OCH3 is 1. The van der Waals surface area contributed by atoms with Crippen molar-refractivity contribution in [1.82, 2.24) is 15.0 Å². The predicted octanol–water partition coefficient (Wildman–Crippen LogP) is 5.75. The molecule has 0 saturated carbocycles. The van der Waals surface area contributed by atoms with Crippen LogP contribution in [0.15, 0.2) is 60.9 Å². The first-order chi connectivity index (χ1) is 13.1. The van der Waals surface area contributed by atoms with Gasteiger partial charge >= 0.3 is 0 Å². The first-order valence-electron chi connectivity index (χ1n) is 8.12. The van der Waals surface area contributed by atoms with Crippen LogP contribution in [0.5, 0.6) is 5.75 Å². The highest BCUT2D eigenvalue weighted by Gasteiger charge is 2.12. The van der Waals surface area contributed by atoms with Crippen LogP contribution in [0.4, 0.5) is 11.5 Å². The third kappa shape index (κ3) is 3.65. The molecule has 0 atom stereocenters. The number of fused-ring (bicyclic) bond motifs is 1. The van der Waals surface area contributed by atoms with Gasteiger partial charge in [0.05, 0.1) is 17.6 Å². The summed E-state index contributed by atoms with van der Waals surface area (Å²) < 4.78 is 5.29. The summed E-state index contributed by atoms with van der Waals surface area (Å²) in [7, 11) is 1.57. The van der Waals surface area contributed by atoms with E-state index in [1.165, 1.54) is 0 Å². The Morgan fingerprint density at radius 3 is 2.67 bits per heavy atom. The highest BCUT2D eigenvalue weighted by Crippen LogP contribution is 2.32. The number of hydrogen-bond acceptors (Lipinski definition) is 5. The van der Waals surface area contributed by atoms with Crippen LogP contribution >= 0.6 is 23.2 Å². The van der Waals surface area contributed by atoms with Gasteiger partial charge in [-0.2, -0.15) is 0 Å². The topological polar surface area (TPSA) is 59.9 Å². The van der Waals surface area contributed by atoms with Gasteiger partial charge in [-0.15, -0.1) is 0 Å². The second kappa shape index (κ2) is 7.39. The number of nitrogens with one attached hydrogen (secondary N) is 1. The van der Waals surface area contributed by atoms with E-state index in [1.807, 2.05) is 36.4 Å². The highest BCUT2D eigenvalue weighted by atomic mass is 35.5. The molecule has 27 heavy (non-hydrogen) atoms. The number of nitrogens with zero attached hydrogens (tertiary/aromatic N) is 3. The lowest BCUT2D eigenvalue weighted by Gasteiger charge is -2.12. The second-order valence-corrected chi connectivity index (χ2v) is 6.62. The smallest absolute Gasteiger partial charge is 0.163 e. The van der Waals surface area contributed by atoms with Crippen molar-refractivity contribution in [3.63, 3.8) is 0 Å². The van der Waals surface area contributed by atoms with Crippen molar-refractivity contribution >= 4 is 45.6 Å². The van der Waals surface area contributed by atoms with Crippen molar-refractivity contribution in [2.75, 3.05) is 12.4 Å². The Bertz CT molecular complexity index is 1120. The maximum Gasteiger partial charge on any atom is 0.163 e. The molecule has 1 N–H and O–H groups in total. The number of aromatic nitrogens is 3. The fourth-order valence-corrected chi connectivity index (χ4v) is 3.06. The molecule has 0 fully saturated rings. The molecular weight excluding hydrogens is 383 g/mol. The zero-order valence-corrected chi connectivity index (χ0v) is 15.8. The second-order valence-electron chi connectivity index (χ2n) is 5.77. The van der Waals surface area contributed by atoms with E-state index >= 15 is 0 Å². The van der Waals surface area contributed by atoms with E-state index < -0.39 is 0 Å². The summed E-state index contributed by atoms with van der Waals surface area (Å²) in [4.78, 5) is 13.5. The van der Waals surface area contributed by atoms with Gasteiger partial charge in [-0.05, 0) is 42.5 Å². The average Bonchev–Trinajstić information content (AvgIpc) is 2.70. The summed E-state index contributed by atoms with van der Waals surface area (Å²) in [6.07, 6.45) is 3.44. The third-order valence-corrected chi connectivity index (χ3v) is 4.54. The fraction of sp³-hybridized carbons (Fsp3) is 0.0500. The number of pyridine rings is 1. The van der Waals surface area contributed by atoms with Gasteiger partial charge in [0.1, 0.15) is 11.6 Å². The summed E-state index contributed by atoms with van der Waals surface area (Å²) in [6, 6.07) is 14.7. The standard InChI is InChI=1S/C20H14Cl2N4O/c1-27-18-10-14(5-6-16(18)22)24-20-15-9-13(21)4-7-17(15)25-19(26-20)12-3-2-8-23-11-12/h2-11H,1H3,(H,24,25,26). The Labute approximate surface area is 166 Å². The molecule has 0 unspecified atom stereocenters. The lowest BCUT2D eigenvalue weighted by molar-refractivity contribution is 0.415. The molecule has 0 amide bonds. The Morgan fingerprint density at radius 2 is 1.89 bits per heavy atom. The van der Waals surface area contributed by atoms with Gasteiger partial charge in [-0.3, -0.25) is 4.98 Å². The predicted molar refractivity (Wildman–Crippen MR) is 109 cm³/mol. The number of ether oxygens (including phenoxy) is 1. The zero-order valence-electron chi connectivity index (χ0n) is 14.3. The van der Waals surface area contributed by atoms with Crippen molar-refractivity contribution < 1.29 is 4.74 Å². The number of halogens is 2. The summed E-state index contributed by atoms with van der Waals surface area (Å²) in [5.41, 5.74) is 2.39. The minimum absolute atomic E-state index is 0.537. The molecule has 0 aliphatic carbocycles. The van der Waals surface area contributed by atoms with E-state index in [1.54, 1.807) is 31.6 Å². The molecule has 2 heterocycles. The summed E-state index contributed by atoms with van der Waals surface area (Å²) in [6.45, 7) is 0. The molecule has 4 rings (SSSR count). The molecule has 7 heteroatoms. The molecule has 2 aromatic carbocycles. The van der Waals surface area contributed by atoms with Gasteiger partial charge in [0.15, 0.2) is 5.82 Å². The molecule has 0 spiro atoms. The van der Waals surface area contributed by atoms with E-state index in [-0.39, 0.29) is 0 Å². The van der Waals surface area contributed by atoms with E-state index in [0.29, 0.717) is 27.4 Å². The van der Waals surface area contributed by atoms with Crippen LogP contribution in [0, 0.1) is 0 Å². The van der Waals surface area contributed by atoms with Crippen molar-refractivity contribution in [3.8, 4) is 17.1 Å². The Hall–Kier alpha value is -2.89. The molecule has 0 aliphatic heterocycles. The molecule has 0 aliphatic rings. The third-order valence-electron chi connectivity index (χ3n) is 3.99. The molecular formula is C20H14Cl2N4O. The first-order valence-corrected chi connectivity index (χ1v) is 8.88. The van der Waals surface area contributed by atoms with E-state index in [0.717, 1.165) is 22.2 Å². The average molecular weight is 397 g/mol. The van der Waals surface area contributed by atoms with Crippen LogP contribution in [-0.2, 0) is 0 Å².